The first-order valence-electron chi connectivity index (χ1n) is 10.7. The number of benzene rings is 2. The van der Waals surface area contributed by atoms with Gasteiger partial charge in [0, 0.05) is 34.8 Å². The smallest absolute Gasteiger partial charge is 0.116 e. The summed E-state index contributed by atoms with van der Waals surface area (Å²) < 4.78 is 2.37. The van der Waals surface area contributed by atoms with Crippen molar-refractivity contribution in [3.8, 4) is 0 Å². The molecule has 2 rings (SSSR count). The molecule has 0 bridgehead atoms. The topological polar surface area (TPSA) is 15.3 Å². The van der Waals surface area contributed by atoms with Crippen molar-refractivity contribution in [3.63, 3.8) is 0 Å². The lowest BCUT2D eigenvalue weighted by molar-refractivity contribution is 0.329. The largest absolute Gasteiger partial charge is 0.312 e. The molecule has 0 saturated carbocycles. The van der Waals surface area contributed by atoms with Crippen LogP contribution in [0.5, 0.6) is 0 Å². The second kappa shape index (κ2) is 17.6. The first kappa shape index (κ1) is 31.1. The van der Waals surface area contributed by atoms with Gasteiger partial charge in [0.05, 0.1) is 7.43 Å². The van der Waals surface area contributed by atoms with Crippen LogP contribution in [0.3, 0.4) is 0 Å². The number of hydrogen-bond acceptors (Lipinski definition) is 2. The Bertz CT molecular complexity index is 655. The highest BCUT2D eigenvalue weighted by molar-refractivity contribution is 8.08. The molecule has 0 aliphatic rings. The zero-order chi connectivity index (χ0) is 24.0. The highest BCUT2D eigenvalue weighted by Crippen LogP contribution is 2.47. The van der Waals surface area contributed by atoms with Gasteiger partial charge in [-0.05, 0) is 27.7 Å². The van der Waals surface area contributed by atoms with Gasteiger partial charge < -0.3 is 5.32 Å². The maximum absolute atomic E-state index is 6.55. The Morgan fingerprint density at radius 1 is 0.613 bits per heavy atom. The van der Waals surface area contributed by atoms with Crippen molar-refractivity contribution in [2.45, 2.75) is 79.6 Å². The average molecular weight is 524 g/mol. The molecule has 1 unspecified atom stereocenters. The van der Waals surface area contributed by atoms with Crippen molar-refractivity contribution in [1.82, 2.24) is 9.99 Å². The molecule has 1 N–H and O–H groups in total. The lowest BCUT2D eigenvalue weighted by atomic mass is 10.3. The molecule has 0 radical (unpaired) electrons. The Balaban J connectivity index is 0.000000479. The van der Waals surface area contributed by atoms with Gasteiger partial charge in [0.2, 0.25) is 0 Å². The number of nitrogens with zero attached hydrogens (tertiary/aromatic N) is 1. The summed E-state index contributed by atoms with van der Waals surface area (Å²) in [7, 11) is -0.712. The van der Waals surface area contributed by atoms with Crippen molar-refractivity contribution >= 4 is 58.4 Å². The molecule has 2 nitrogen and oxygen atoms in total. The number of nitrogens with one attached hydrogen (secondary N) is 1. The molecule has 0 spiro atoms. The van der Waals surface area contributed by atoms with Gasteiger partial charge in [-0.15, -0.1) is 0 Å². The molecule has 0 heterocycles. The van der Waals surface area contributed by atoms with E-state index in [1.807, 2.05) is 48.5 Å². The summed E-state index contributed by atoms with van der Waals surface area (Å²) in [5, 5.41) is 5.55. The van der Waals surface area contributed by atoms with Crippen LogP contribution >= 0.6 is 47.8 Å². The molecule has 7 heteroatoms. The van der Waals surface area contributed by atoms with Crippen LogP contribution in [0.25, 0.3) is 0 Å². The molecule has 0 fully saturated rings. The van der Waals surface area contributed by atoms with Gasteiger partial charge in [0.25, 0.3) is 0 Å². The Morgan fingerprint density at radius 3 is 1.19 bits per heavy atom. The van der Waals surface area contributed by atoms with E-state index in [0.29, 0.717) is 24.2 Å². The van der Waals surface area contributed by atoms with Gasteiger partial charge in [0.15, 0.2) is 0 Å². The molecule has 2 aromatic carbocycles. The first-order chi connectivity index (χ1) is 14.5. The van der Waals surface area contributed by atoms with Crippen LogP contribution in [0.15, 0.2) is 60.7 Å². The summed E-state index contributed by atoms with van der Waals surface area (Å²) in [6.45, 7) is 16.4. The number of hydrogen-bond donors (Lipinski definition) is 1. The second-order valence-electron chi connectivity index (χ2n) is 8.21. The van der Waals surface area contributed by atoms with Crippen LogP contribution in [0, 0.1) is 0 Å². The molecule has 0 aromatic heterocycles. The van der Waals surface area contributed by atoms with E-state index in [-0.39, 0.29) is 0 Å². The third kappa shape index (κ3) is 14.8. The Hall–Kier alpha value is 0.0900. The zero-order valence-electron chi connectivity index (χ0n) is 20.1. The maximum atomic E-state index is 6.55. The molecule has 176 valence electrons. The van der Waals surface area contributed by atoms with Gasteiger partial charge in [-0.2, -0.15) is 0 Å². The predicted octanol–water partition coefficient (Wildman–Crippen LogP) is 8.48. The van der Waals surface area contributed by atoms with Crippen LogP contribution in [0.2, 0.25) is 0 Å². The van der Waals surface area contributed by atoms with E-state index in [1.165, 1.54) is 5.30 Å². The summed E-state index contributed by atoms with van der Waals surface area (Å²) in [5.74, 6) is 0. The van der Waals surface area contributed by atoms with Crippen molar-refractivity contribution < 1.29 is 0 Å². The van der Waals surface area contributed by atoms with Crippen molar-refractivity contribution in [2.75, 3.05) is 0 Å². The normalized spacial score (nSPS) is 12.2. The van der Waals surface area contributed by atoms with Crippen LogP contribution in [0.1, 0.15) is 55.4 Å². The van der Waals surface area contributed by atoms with Crippen LogP contribution in [-0.2, 0) is 0 Å². The van der Waals surface area contributed by atoms with Gasteiger partial charge >= 0.3 is 0 Å². The maximum Gasteiger partial charge on any atom is 0.116 e. The Morgan fingerprint density at radius 2 is 0.968 bits per heavy atom. The van der Waals surface area contributed by atoms with E-state index in [9.17, 15) is 0 Å². The quantitative estimate of drug-likeness (QED) is 0.366. The predicted molar refractivity (Wildman–Crippen MR) is 149 cm³/mol. The van der Waals surface area contributed by atoms with E-state index in [2.05, 4.69) is 77.5 Å². The molecule has 0 saturated heterocycles. The zero-order valence-corrected chi connectivity index (χ0v) is 24.1. The van der Waals surface area contributed by atoms with E-state index >= 15 is 0 Å². The molecular weight excluding hydrogens is 485 g/mol. The van der Waals surface area contributed by atoms with Gasteiger partial charge in [-0.1, -0.05) is 122 Å². The van der Waals surface area contributed by atoms with Gasteiger partial charge in [-0.25, -0.2) is 0 Å². The molecule has 0 aliphatic heterocycles. The minimum Gasteiger partial charge on any atom is -0.312 e. The molecule has 31 heavy (non-hydrogen) atoms. The van der Waals surface area contributed by atoms with Crippen LogP contribution in [0.4, 0.5) is 0 Å². The highest BCUT2D eigenvalue weighted by atomic mass is 35.9. The minimum atomic E-state index is -0.951. The SMILES string of the molecule is CC(C)N(C(C)C)P(Cl)c1ccccc1.CC(C)NC(C)C.ClP(Cl)c1ccccc1. The highest BCUT2D eigenvalue weighted by Gasteiger charge is 2.23. The first-order valence-corrected chi connectivity index (χ1v) is 16.0. The molecule has 0 aliphatic carbocycles. The molecule has 1 atom stereocenters. The average Bonchev–Trinajstić information content (AvgIpc) is 2.68. The molecular formula is C24H39Cl3N2P2. The van der Waals surface area contributed by atoms with E-state index in [0.717, 1.165) is 5.30 Å². The second-order valence-corrected chi connectivity index (χ2v) is 14.2. The van der Waals surface area contributed by atoms with Crippen LogP contribution in [-0.4, -0.2) is 28.8 Å². The molecule has 0 amide bonds. The lowest BCUT2D eigenvalue weighted by Gasteiger charge is -2.34. The fourth-order valence-electron chi connectivity index (χ4n) is 2.89. The summed E-state index contributed by atoms with van der Waals surface area (Å²) in [6, 6.07) is 22.2. The number of rotatable bonds is 7. The monoisotopic (exact) mass is 522 g/mol. The summed E-state index contributed by atoms with van der Waals surface area (Å²) >= 11 is 17.8. The number of halogens is 3. The third-order valence-corrected chi connectivity index (χ3v) is 8.87. The summed E-state index contributed by atoms with van der Waals surface area (Å²) in [6.07, 6.45) is 0. The van der Waals surface area contributed by atoms with E-state index < -0.39 is 14.1 Å². The van der Waals surface area contributed by atoms with Crippen molar-refractivity contribution in [1.29, 1.82) is 0 Å². The van der Waals surface area contributed by atoms with Crippen molar-refractivity contribution in [3.05, 3.63) is 60.7 Å². The molecule has 2 aromatic rings. The van der Waals surface area contributed by atoms with Crippen LogP contribution < -0.4 is 15.9 Å². The minimum absolute atomic E-state index is 0.480. The Labute approximate surface area is 208 Å². The third-order valence-electron chi connectivity index (χ3n) is 3.85. The van der Waals surface area contributed by atoms with Gasteiger partial charge in [-0.3, -0.25) is 4.67 Å². The van der Waals surface area contributed by atoms with E-state index in [1.54, 1.807) is 0 Å². The van der Waals surface area contributed by atoms with E-state index in [4.69, 9.17) is 33.7 Å². The fourth-order valence-corrected chi connectivity index (χ4v) is 6.85. The summed E-state index contributed by atoms with van der Waals surface area (Å²) in [4.78, 5) is 0. The Kier molecular flexibility index (Phi) is 17.6. The summed E-state index contributed by atoms with van der Waals surface area (Å²) in [5.41, 5.74) is 0. The lowest BCUT2D eigenvalue weighted by Crippen LogP contribution is -2.33. The van der Waals surface area contributed by atoms with Gasteiger partial charge in [0.1, 0.15) is 6.63 Å². The van der Waals surface area contributed by atoms with Crippen molar-refractivity contribution in [2.24, 2.45) is 0 Å². The standard InChI is InChI=1S/C12H19ClNP.C6H5Cl2P.C6H15N/c1-10(2)14(11(3)4)15(13)12-8-6-5-7-9-12;7-9(8)6-4-2-1-3-5-6;1-5(2)7-6(3)4/h5-11H,1-4H3;1-5H;5-7H,1-4H3. The fraction of sp³-hybridized carbons (Fsp3) is 0.500.